The highest BCUT2D eigenvalue weighted by atomic mass is 16.5. The predicted molar refractivity (Wildman–Crippen MR) is 55.8 cm³/mol. The van der Waals surface area contributed by atoms with Crippen molar-refractivity contribution in [3.05, 3.63) is 12.4 Å². The summed E-state index contributed by atoms with van der Waals surface area (Å²) in [7, 11) is 1.61. The average molecular weight is 206 g/mol. The summed E-state index contributed by atoms with van der Waals surface area (Å²) in [5, 5.41) is 6.78. The molecular formula is C10H14N4O. The fourth-order valence-electron chi connectivity index (χ4n) is 2.33. The first-order chi connectivity index (χ1) is 7.38. The largest absolute Gasteiger partial charge is 0.481 e. The molecule has 5 nitrogen and oxygen atoms in total. The van der Waals surface area contributed by atoms with Gasteiger partial charge >= 0.3 is 0 Å². The van der Waals surface area contributed by atoms with Gasteiger partial charge in [0.15, 0.2) is 0 Å². The third-order valence-electron chi connectivity index (χ3n) is 3.26. The van der Waals surface area contributed by atoms with Crippen molar-refractivity contribution < 1.29 is 4.74 Å². The van der Waals surface area contributed by atoms with Crippen LogP contribution in [0, 0.1) is 11.8 Å². The number of hydrogen-bond acceptors (Lipinski definition) is 5. The van der Waals surface area contributed by atoms with Gasteiger partial charge in [-0.3, -0.25) is 0 Å². The topological polar surface area (TPSA) is 59.1 Å². The number of nitrogens with zero attached hydrogens (tertiary/aromatic N) is 2. The molecule has 80 valence electrons. The molecule has 2 atom stereocenters. The molecule has 2 heterocycles. The standard InChI is InChI=1S/C10H14N4O/c1-15-9-2-8(12-5-13-9)14-10-6-3-11-4-7(6)10/h2,5-7,10-11H,3-4H2,1H3,(H,12,13,14). The number of methoxy groups -OCH3 is 1. The van der Waals surface area contributed by atoms with Crippen LogP contribution in [0.4, 0.5) is 5.82 Å². The molecule has 2 N–H and O–H groups in total. The quantitative estimate of drug-likeness (QED) is 0.735. The van der Waals surface area contributed by atoms with Crippen LogP contribution in [0.3, 0.4) is 0 Å². The molecule has 5 heteroatoms. The number of piperidine rings is 1. The average Bonchev–Trinajstić information content (AvgIpc) is 2.75. The molecule has 0 radical (unpaired) electrons. The summed E-state index contributed by atoms with van der Waals surface area (Å²) in [5.41, 5.74) is 0. The molecule has 2 fully saturated rings. The fraction of sp³-hybridized carbons (Fsp3) is 0.600. The van der Waals surface area contributed by atoms with Crippen LogP contribution in [-0.4, -0.2) is 36.2 Å². The predicted octanol–water partition coefficient (Wildman–Crippen LogP) is 0.115. The highest BCUT2D eigenvalue weighted by molar-refractivity contribution is 5.41. The molecule has 0 aromatic carbocycles. The van der Waals surface area contributed by atoms with Crippen molar-refractivity contribution >= 4 is 5.82 Å². The fourth-order valence-corrected chi connectivity index (χ4v) is 2.33. The minimum absolute atomic E-state index is 0.589. The second-order valence-corrected chi connectivity index (χ2v) is 4.10. The van der Waals surface area contributed by atoms with Gasteiger partial charge in [-0.1, -0.05) is 0 Å². The van der Waals surface area contributed by atoms with Crippen molar-refractivity contribution in [3.8, 4) is 5.88 Å². The minimum Gasteiger partial charge on any atom is -0.481 e. The Bertz CT molecular complexity index is 360. The Kier molecular flexibility index (Phi) is 1.98. The highest BCUT2D eigenvalue weighted by Gasteiger charge is 2.53. The third kappa shape index (κ3) is 1.52. The van der Waals surface area contributed by atoms with E-state index in [0.717, 1.165) is 30.7 Å². The van der Waals surface area contributed by atoms with Gasteiger partial charge in [-0.2, -0.15) is 0 Å². The van der Waals surface area contributed by atoms with Crippen LogP contribution in [0.2, 0.25) is 0 Å². The van der Waals surface area contributed by atoms with Crippen molar-refractivity contribution in [1.82, 2.24) is 15.3 Å². The van der Waals surface area contributed by atoms with Gasteiger partial charge in [-0.05, 0) is 11.8 Å². The van der Waals surface area contributed by atoms with Crippen LogP contribution in [-0.2, 0) is 0 Å². The zero-order chi connectivity index (χ0) is 10.3. The van der Waals surface area contributed by atoms with E-state index in [0.29, 0.717) is 11.9 Å². The van der Waals surface area contributed by atoms with Gasteiger partial charge in [-0.15, -0.1) is 0 Å². The number of aromatic nitrogens is 2. The summed E-state index contributed by atoms with van der Waals surface area (Å²) < 4.78 is 5.05. The molecule has 1 aromatic heterocycles. The summed E-state index contributed by atoms with van der Waals surface area (Å²) in [6, 6.07) is 2.42. The summed E-state index contributed by atoms with van der Waals surface area (Å²) in [4.78, 5) is 8.14. The SMILES string of the molecule is COc1cc(NC2C3CNCC32)ncn1. The zero-order valence-corrected chi connectivity index (χ0v) is 8.60. The third-order valence-corrected chi connectivity index (χ3v) is 3.26. The molecule has 0 bridgehead atoms. The van der Waals surface area contributed by atoms with Gasteiger partial charge in [0.2, 0.25) is 5.88 Å². The van der Waals surface area contributed by atoms with Crippen molar-refractivity contribution in [1.29, 1.82) is 0 Å². The van der Waals surface area contributed by atoms with Gasteiger partial charge < -0.3 is 15.4 Å². The van der Waals surface area contributed by atoms with Crippen LogP contribution in [0.1, 0.15) is 0 Å². The first kappa shape index (κ1) is 8.91. The van der Waals surface area contributed by atoms with E-state index in [9.17, 15) is 0 Å². The summed E-state index contributed by atoms with van der Waals surface area (Å²) in [6.07, 6.45) is 1.53. The van der Waals surface area contributed by atoms with Crippen LogP contribution >= 0.6 is 0 Å². The van der Waals surface area contributed by atoms with E-state index in [1.165, 1.54) is 6.33 Å². The maximum atomic E-state index is 5.05. The number of fused-ring (bicyclic) bond motifs is 1. The Balaban J connectivity index is 1.67. The number of ether oxygens (including phenoxy) is 1. The summed E-state index contributed by atoms with van der Waals surface area (Å²) in [5.74, 6) is 3.04. The molecule has 2 aliphatic rings. The van der Waals surface area contributed by atoms with Gasteiger partial charge in [0.1, 0.15) is 12.1 Å². The number of rotatable bonds is 3. The number of hydrogen-bond donors (Lipinski definition) is 2. The van der Waals surface area contributed by atoms with Gasteiger partial charge in [0, 0.05) is 25.2 Å². The van der Waals surface area contributed by atoms with E-state index in [2.05, 4.69) is 20.6 Å². The molecule has 0 spiro atoms. The normalized spacial score (nSPS) is 32.2. The Morgan fingerprint density at radius 1 is 1.40 bits per heavy atom. The molecule has 1 saturated heterocycles. The Morgan fingerprint density at radius 3 is 2.93 bits per heavy atom. The number of anilines is 1. The summed E-state index contributed by atoms with van der Waals surface area (Å²) in [6.45, 7) is 2.26. The highest BCUT2D eigenvalue weighted by Crippen LogP contribution is 2.43. The first-order valence-electron chi connectivity index (χ1n) is 5.22. The minimum atomic E-state index is 0.589. The molecule has 1 saturated carbocycles. The second kappa shape index (κ2) is 3.34. The lowest BCUT2D eigenvalue weighted by atomic mass is 10.4. The lowest BCUT2D eigenvalue weighted by Crippen LogP contribution is -2.21. The van der Waals surface area contributed by atoms with Crippen LogP contribution in [0.25, 0.3) is 0 Å². The monoisotopic (exact) mass is 206 g/mol. The Morgan fingerprint density at radius 2 is 2.20 bits per heavy atom. The van der Waals surface area contributed by atoms with Gasteiger partial charge in [0.05, 0.1) is 7.11 Å². The lowest BCUT2D eigenvalue weighted by molar-refractivity contribution is 0.397. The molecule has 0 amide bonds. The molecule has 1 aliphatic carbocycles. The van der Waals surface area contributed by atoms with Crippen LogP contribution in [0.5, 0.6) is 5.88 Å². The maximum Gasteiger partial charge on any atom is 0.218 e. The van der Waals surface area contributed by atoms with E-state index in [4.69, 9.17) is 4.74 Å². The van der Waals surface area contributed by atoms with E-state index < -0.39 is 0 Å². The van der Waals surface area contributed by atoms with Gasteiger partial charge in [0.25, 0.3) is 0 Å². The van der Waals surface area contributed by atoms with E-state index >= 15 is 0 Å². The lowest BCUT2D eigenvalue weighted by Gasteiger charge is -2.08. The summed E-state index contributed by atoms with van der Waals surface area (Å²) >= 11 is 0. The molecule has 15 heavy (non-hydrogen) atoms. The zero-order valence-electron chi connectivity index (χ0n) is 8.60. The molecular weight excluding hydrogens is 192 g/mol. The van der Waals surface area contributed by atoms with Crippen molar-refractivity contribution in [2.24, 2.45) is 11.8 Å². The van der Waals surface area contributed by atoms with E-state index in [1.54, 1.807) is 7.11 Å². The number of nitrogens with one attached hydrogen (secondary N) is 2. The smallest absolute Gasteiger partial charge is 0.218 e. The molecule has 1 aromatic rings. The maximum absolute atomic E-state index is 5.05. The van der Waals surface area contributed by atoms with Crippen LogP contribution < -0.4 is 15.4 Å². The van der Waals surface area contributed by atoms with Crippen molar-refractivity contribution in [2.45, 2.75) is 6.04 Å². The van der Waals surface area contributed by atoms with E-state index in [1.807, 2.05) is 6.07 Å². The second-order valence-electron chi connectivity index (χ2n) is 4.10. The molecule has 3 rings (SSSR count). The van der Waals surface area contributed by atoms with E-state index in [-0.39, 0.29) is 0 Å². The Labute approximate surface area is 88.3 Å². The van der Waals surface area contributed by atoms with Crippen LogP contribution in [0.15, 0.2) is 12.4 Å². The first-order valence-corrected chi connectivity index (χ1v) is 5.22. The van der Waals surface area contributed by atoms with Crippen molar-refractivity contribution in [2.75, 3.05) is 25.5 Å². The molecule has 2 unspecified atom stereocenters. The van der Waals surface area contributed by atoms with Gasteiger partial charge in [-0.25, -0.2) is 9.97 Å². The Hall–Kier alpha value is -1.36. The van der Waals surface area contributed by atoms with Crippen molar-refractivity contribution in [3.63, 3.8) is 0 Å². The molecule has 1 aliphatic heterocycles.